The summed E-state index contributed by atoms with van der Waals surface area (Å²) in [5.74, 6) is -1.01. The number of carbonyl (C=O) groups is 7. The molecule has 684 valence electrons. The molecule has 2 N–H and O–H groups in total. The fraction of sp³-hybridized carbons (Fsp3) is 0.929. The number of hydrogen-bond donors (Lipinski definition) is 2. The van der Waals surface area contributed by atoms with E-state index >= 15 is 0 Å². The zero-order chi connectivity index (χ0) is 84.9. The molecule has 0 saturated carbocycles. The summed E-state index contributed by atoms with van der Waals surface area (Å²) >= 11 is 0. The molecule has 0 aliphatic heterocycles. The van der Waals surface area contributed by atoms with Crippen molar-refractivity contribution in [3.8, 4) is 0 Å². The summed E-state index contributed by atoms with van der Waals surface area (Å²) in [7, 11) is 0. The van der Waals surface area contributed by atoms with Gasteiger partial charge in [-0.1, -0.05) is 324 Å². The Morgan fingerprint density at radius 2 is 0.491 bits per heavy atom. The van der Waals surface area contributed by atoms with Crippen molar-refractivity contribution in [1.82, 2.24) is 25.3 Å². The Bertz CT molecular complexity index is 2050. The molecule has 0 atom stereocenters. The van der Waals surface area contributed by atoms with Crippen LogP contribution in [0, 0.1) is 0 Å². The van der Waals surface area contributed by atoms with E-state index in [0.29, 0.717) is 64.8 Å². The molecular formula is C99H191N5O12. The Hall–Kier alpha value is -3.99. The number of carbonyl (C=O) groups excluding carboxylic acids is 7. The summed E-state index contributed by atoms with van der Waals surface area (Å²) in [5, 5.41) is 6.07. The van der Waals surface area contributed by atoms with Gasteiger partial charge in [0.25, 0.3) is 0 Å². The third kappa shape index (κ3) is 81.0. The van der Waals surface area contributed by atoms with Crippen LogP contribution >= 0.6 is 0 Å². The molecule has 0 rings (SSSR count). The van der Waals surface area contributed by atoms with E-state index < -0.39 is 11.7 Å². The molecule has 0 aliphatic carbocycles. The van der Waals surface area contributed by atoms with Crippen molar-refractivity contribution in [1.29, 1.82) is 0 Å². The van der Waals surface area contributed by atoms with Crippen molar-refractivity contribution >= 4 is 41.8 Å². The number of nitrogens with one attached hydrogen (secondary N) is 2. The molecule has 0 heterocycles. The summed E-state index contributed by atoms with van der Waals surface area (Å²) in [6.45, 7) is 25.1. The maximum atomic E-state index is 13.7. The third-order valence-corrected chi connectivity index (χ3v) is 22.8. The van der Waals surface area contributed by atoms with Gasteiger partial charge < -0.3 is 44.1 Å². The summed E-state index contributed by atoms with van der Waals surface area (Å²) in [6, 6.07) is 0. The van der Waals surface area contributed by atoms with E-state index in [1.807, 2.05) is 0 Å². The van der Waals surface area contributed by atoms with Crippen LogP contribution in [0.2, 0.25) is 0 Å². The summed E-state index contributed by atoms with van der Waals surface area (Å²) in [5.41, 5.74) is -0.839. The summed E-state index contributed by atoms with van der Waals surface area (Å²) in [6.07, 6.45) is 73.6. The van der Waals surface area contributed by atoms with E-state index in [4.69, 9.17) is 23.7 Å². The van der Waals surface area contributed by atoms with Gasteiger partial charge in [0.15, 0.2) is 0 Å². The Kier molecular flexibility index (Phi) is 83.0. The first-order valence-corrected chi connectivity index (χ1v) is 50.2. The molecule has 0 fully saturated rings. The van der Waals surface area contributed by atoms with E-state index in [2.05, 4.69) is 62.0 Å². The lowest BCUT2D eigenvalue weighted by atomic mass is 10.0. The van der Waals surface area contributed by atoms with Crippen LogP contribution in [-0.2, 0) is 52.5 Å². The predicted molar refractivity (Wildman–Crippen MR) is 486 cm³/mol. The predicted octanol–water partition coefficient (Wildman–Crippen LogP) is 26.6. The van der Waals surface area contributed by atoms with E-state index in [1.165, 1.54) is 223 Å². The minimum absolute atomic E-state index is 0.0392. The van der Waals surface area contributed by atoms with Crippen molar-refractivity contribution < 1.29 is 57.2 Å². The molecule has 0 aromatic rings. The van der Waals surface area contributed by atoms with Crippen LogP contribution in [0.1, 0.15) is 499 Å². The lowest BCUT2D eigenvalue weighted by molar-refractivity contribution is -0.151. The van der Waals surface area contributed by atoms with Gasteiger partial charge >= 0.3 is 30.0 Å². The summed E-state index contributed by atoms with van der Waals surface area (Å²) in [4.78, 5) is 98.8. The zero-order valence-corrected chi connectivity index (χ0v) is 78.0. The first kappa shape index (κ1) is 112. The molecule has 0 aromatic heterocycles. The van der Waals surface area contributed by atoms with Crippen molar-refractivity contribution in [2.75, 3.05) is 78.7 Å². The zero-order valence-electron chi connectivity index (χ0n) is 78.0. The highest BCUT2D eigenvalue weighted by Crippen LogP contribution is 2.23. The van der Waals surface area contributed by atoms with Gasteiger partial charge in [-0.2, -0.15) is 0 Å². The molecule has 0 saturated heterocycles. The quantitative estimate of drug-likeness (QED) is 0.0331. The van der Waals surface area contributed by atoms with Crippen LogP contribution in [0.25, 0.3) is 0 Å². The molecule has 3 amide bonds. The van der Waals surface area contributed by atoms with Crippen LogP contribution in [0.4, 0.5) is 4.79 Å². The Morgan fingerprint density at radius 1 is 0.267 bits per heavy atom. The van der Waals surface area contributed by atoms with Gasteiger partial charge in [-0.25, -0.2) is 4.79 Å². The number of amides is 3. The molecule has 0 bridgehead atoms. The Balaban J connectivity index is 5.73. The number of esters is 4. The van der Waals surface area contributed by atoms with E-state index in [1.54, 1.807) is 20.8 Å². The molecule has 0 spiro atoms. The molecular weight excluding hydrogens is 1450 g/mol. The second-order valence-electron chi connectivity index (χ2n) is 35.6. The van der Waals surface area contributed by atoms with Gasteiger partial charge in [0, 0.05) is 38.8 Å². The molecule has 0 radical (unpaired) electrons. The maximum absolute atomic E-state index is 13.7. The van der Waals surface area contributed by atoms with Crippen molar-refractivity contribution in [2.45, 2.75) is 517 Å². The normalized spacial score (nSPS) is 11.7. The highest BCUT2D eigenvalue weighted by atomic mass is 16.6. The second kappa shape index (κ2) is 86.0. The highest BCUT2D eigenvalue weighted by Gasteiger charge is 2.27. The monoisotopic (exact) mass is 1640 g/mol. The van der Waals surface area contributed by atoms with E-state index in [0.717, 1.165) is 219 Å². The molecule has 0 aliphatic rings. The number of hydrogen-bond acceptors (Lipinski definition) is 14. The Morgan fingerprint density at radius 3 is 0.767 bits per heavy atom. The smallest absolute Gasteiger partial charge is 0.411 e. The average Bonchev–Trinajstić information content (AvgIpc) is 0.880. The molecule has 0 aromatic carbocycles. The van der Waals surface area contributed by atoms with Gasteiger partial charge in [0.2, 0.25) is 11.8 Å². The van der Waals surface area contributed by atoms with Crippen LogP contribution in [0.15, 0.2) is 0 Å². The number of nitrogens with zero attached hydrogens (tertiary/aromatic N) is 3. The fourth-order valence-electron chi connectivity index (χ4n) is 15.5. The average molecular weight is 1640 g/mol. The minimum Gasteiger partial charge on any atom is -0.466 e. The van der Waals surface area contributed by atoms with Crippen LogP contribution in [0.3, 0.4) is 0 Å². The van der Waals surface area contributed by atoms with Gasteiger partial charge in [-0.3, -0.25) is 33.7 Å². The molecule has 116 heavy (non-hydrogen) atoms. The largest absolute Gasteiger partial charge is 0.466 e. The molecule has 0 unspecified atom stereocenters. The maximum Gasteiger partial charge on any atom is 0.411 e. The Labute approximate surface area is 716 Å². The van der Waals surface area contributed by atoms with Crippen LogP contribution < -0.4 is 10.6 Å². The van der Waals surface area contributed by atoms with E-state index in [9.17, 15) is 33.6 Å². The van der Waals surface area contributed by atoms with Crippen molar-refractivity contribution in [3.63, 3.8) is 0 Å². The first-order chi connectivity index (χ1) is 56.5. The highest BCUT2D eigenvalue weighted by molar-refractivity contribution is 5.86. The second-order valence-corrected chi connectivity index (χ2v) is 35.6. The van der Waals surface area contributed by atoms with Gasteiger partial charge in [0.1, 0.15) is 30.9 Å². The standard InChI is InChI=1S/C99H191N5O12/c1-10-16-22-28-34-36-38-50-66-86-112-94(107)74-60-52-64-82-102(80-62-48-40-46-58-76-96(109)114-90(70-54-42-30-24-18-12-3)71-55-43-31-25-19-13-4)84-68-78-100-92(105)88-104(98(111)116-99(7,8)9)89-93(106)101-79-69-85-103(83-65-53-61-75-95(108)113-87-67-51-39-37-35-29-23-17-11-2)81-63-49-41-47-59-77-97(110)115-91(72-56-44-32-26-20-14-5)73-57-45-33-27-21-15-6/h90-91H,10-89H2,1-9H3,(H,100,105)(H,101,106). The van der Waals surface area contributed by atoms with Gasteiger partial charge in [-0.05, 0) is 188 Å². The molecule has 17 nitrogen and oxygen atoms in total. The van der Waals surface area contributed by atoms with Gasteiger partial charge in [-0.15, -0.1) is 0 Å². The summed E-state index contributed by atoms with van der Waals surface area (Å²) < 4.78 is 29.3. The topological polar surface area (TPSA) is 199 Å². The lowest BCUT2D eigenvalue weighted by Gasteiger charge is -2.27. The van der Waals surface area contributed by atoms with E-state index in [-0.39, 0.29) is 61.0 Å². The first-order valence-electron chi connectivity index (χ1n) is 50.2. The number of rotatable bonds is 90. The minimum atomic E-state index is -0.839. The lowest BCUT2D eigenvalue weighted by Crippen LogP contribution is -2.48. The molecule has 17 heteroatoms. The van der Waals surface area contributed by atoms with Gasteiger partial charge in [0.05, 0.1) is 13.2 Å². The number of unbranched alkanes of at least 4 members (excludes halogenated alkanes) is 48. The SMILES string of the molecule is CCCCCCCCCCCOC(=O)CCCCCN(CCCCCCCC(=O)OC(CCCCCCCC)CCCCCCCC)CCCNC(=O)CN(CC(=O)NCCCN(CCCCCCCC(=O)OC(CCCCCCCC)CCCCCCCC)CCCCCC(=O)OCCCCCCCCCCC)C(=O)OC(C)(C)C. The third-order valence-electron chi connectivity index (χ3n) is 22.8. The van der Waals surface area contributed by atoms with Crippen molar-refractivity contribution in [2.24, 2.45) is 0 Å². The van der Waals surface area contributed by atoms with Crippen LogP contribution in [-0.4, -0.2) is 153 Å². The van der Waals surface area contributed by atoms with Crippen LogP contribution in [0.5, 0.6) is 0 Å². The fourth-order valence-corrected chi connectivity index (χ4v) is 15.5. The van der Waals surface area contributed by atoms with Crippen molar-refractivity contribution in [3.05, 3.63) is 0 Å². The number of ether oxygens (including phenoxy) is 5.